The Morgan fingerprint density at radius 3 is 2.88 bits per heavy atom. The van der Waals surface area contributed by atoms with Gasteiger partial charge >= 0.3 is 0 Å². The van der Waals surface area contributed by atoms with E-state index in [1.165, 1.54) is 0 Å². The first-order chi connectivity index (χ1) is 12.0. The number of fused-ring (bicyclic) bond motifs is 1. The van der Waals surface area contributed by atoms with Crippen LogP contribution in [0, 0.1) is 6.92 Å². The second kappa shape index (κ2) is 7.61. The molecule has 1 aromatic heterocycles. The van der Waals surface area contributed by atoms with E-state index in [0.29, 0.717) is 36.0 Å². The van der Waals surface area contributed by atoms with Crippen LogP contribution in [0.4, 0.5) is 5.69 Å². The van der Waals surface area contributed by atoms with Gasteiger partial charge in [-0.1, -0.05) is 34.1 Å². The van der Waals surface area contributed by atoms with Gasteiger partial charge in [0.15, 0.2) is 0 Å². The van der Waals surface area contributed by atoms with Crippen LogP contribution in [-0.4, -0.2) is 15.9 Å². The number of nitrogens with zero attached hydrogens (tertiary/aromatic N) is 1. The minimum atomic E-state index is -0.144. The number of aryl methyl sites for hydroxylation is 2. The SMILES string of the molecule is Cc1ccc(Br)cc1NC(=O)CCCc1nc2ccccc2c(=O)[nH]1. The average Bonchev–Trinajstić information content (AvgIpc) is 2.58. The number of rotatable bonds is 5. The van der Waals surface area contributed by atoms with Gasteiger partial charge in [0, 0.05) is 23.0 Å². The van der Waals surface area contributed by atoms with E-state index in [1.807, 2.05) is 43.3 Å². The van der Waals surface area contributed by atoms with Crippen molar-refractivity contribution in [2.75, 3.05) is 5.32 Å². The lowest BCUT2D eigenvalue weighted by Crippen LogP contribution is -2.14. The maximum absolute atomic E-state index is 12.1. The molecular weight excluding hydrogens is 382 g/mol. The molecule has 0 spiro atoms. The Morgan fingerprint density at radius 2 is 2.04 bits per heavy atom. The Balaban J connectivity index is 1.60. The fraction of sp³-hybridized carbons (Fsp3) is 0.211. The van der Waals surface area contributed by atoms with E-state index in [4.69, 9.17) is 0 Å². The third-order valence-electron chi connectivity index (χ3n) is 3.95. The van der Waals surface area contributed by atoms with Crippen molar-refractivity contribution in [3.63, 3.8) is 0 Å². The number of aromatic amines is 1. The molecular formula is C19H18BrN3O2. The molecule has 0 bridgehead atoms. The van der Waals surface area contributed by atoms with E-state index in [9.17, 15) is 9.59 Å². The summed E-state index contributed by atoms with van der Waals surface area (Å²) in [6, 6.07) is 13.0. The highest BCUT2D eigenvalue weighted by atomic mass is 79.9. The fourth-order valence-electron chi connectivity index (χ4n) is 2.61. The van der Waals surface area contributed by atoms with Gasteiger partial charge in [-0.05, 0) is 43.2 Å². The van der Waals surface area contributed by atoms with Crippen LogP contribution >= 0.6 is 15.9 Å². The third kappa shape index (κ3) is 4.33. The fourth-order valence-corrected chi connectivity index (χ4v) is 2.97. The number of nitrogens with one attached hydrogen (secondary N) is 2. The first kappa shape index (κ1) is 17.4. The van der Waals surface area contributed by atoms with E-state index < -0.39 is 0 Å². The molecule has 3 rings (SSSR count). The van der Waals surface area contributed by atoms with Gasteiger partial charge in [-0.2, -0.15) is 0 Å². The predicted octanol–water partition coefficient (Wildman–Crippen LogP) is 3.96. The lowest BCUT2D eigenvalue weighted by molar-refractivity contribution is -0.116. The monoisotopic (exact) mass is 399 g/mol. The van der Waals surface area contributed by atoms with Gasteiger partial charge < -0.3 is 10.3 Å². The van der Waals surface area contributed by atoms with E-state index in [1.54, 1.807) is 6.07 Å². The standard InChI is InChI=1S/C19H18BrN3O2/c1-12-9-10-13(20)11-16(12)22-18(24)8-4-7-17-21-15-6-3-2-5-14(15)19(25)23-17/h2-3,5-6,9-11H,4,7-8H2,1H3,(H,22,24)(H,21,23,25). The van der Waals surface area contributed by atoms with Gasteiger partial charge in [-0.25, -0.2) is 4.98 Å². The van der Waals surface area contributed by atoms with Crippen LogP contribution < -0.4 is 10.9 Å². The smallest absolute Gasteiger partial charge is 0.258 e. The topological polar surface area (TPSA) is 74.8 Å². The number of anilines is 1. The summed E-state index contributed by atoms with van der Waals surface area (Å²) in [6.07, 6.45) is 1.52. The number of amides is 1. The van der Waals surface area contributed by atoms with E-state index >= 15 is 0 Å². The minimum Gasteiger partial charge on any atom is -0.326 e. The number of benzene rings is 2. The van der Waals surface area contributed by atoms with Crippen molar-refractivity contribution in [2.24, 2.45) is 0 Å². The molecule has 5 nitrogen and oxygen atoms in total. The van der Waals surface area contributed by atoms with Crippen LogP contribution in [-0.2, 0) is 11.2 Å². The van der Waals surface area contributed by atoms with E-state index in [-0.39, 0.29) is 11.5 Å². The number of para-hydroxylation sites is 1. The molecule has 0 aliphatic rings. The molecule has 3 aromatic rings. The first-order valence-electron chi connectivity index (χ1n) is 8.07. The lowest BCUT2D eigenvalue weighted by atomic mass is 10.1. The second-order valence-corrected chi connectivity index (χ2v) is 6.81. The van der Waals surface area contributed by atoms with E-state index in [0.717, 1.165) is 15.7 Å². The molecule has 1 heterocycles. The molecule has 0 radical (unpaired) electrons. The number of carbonyl (C=O) groups excluding carboxylic acids is 1. The zero-order valence-corrected chi connectivity index (χ0v) is 15.4. The quantitative estimate of drug-likeness (QED) is 0.681. The summed E-state index contributed by atoms with van der Waals surface area (Å²) in [5.74, 6) is 0.555. The number of aromatic nitrogens is 2. The highest BCUT2D eigenvalue weighted by Crippen LogP contribution is 2.21. The number of carbonyl (C=O) groups is 1. The molecule has 25 heavy (non-hydrogen) atoms. The predicted molar refractivity (Wildman–Crippen MR) is 103 cm³/mol. The summed E-state index contributed by atoms with van der Waals surface area (Å²) in [4.78, 5) is 31.4. The van der Waals surface area contributed by atoms with Crippen molar-refractivity contribution in [1.29, 1.82) is 0 Å². The van der Waals surface area contributed by atoms with Crippen molar-refractivity contribution < 1.29 is 4.79 Å². The molecule has 0 aliphatic carbocycles. The summed E-state index contributed by atoms with van der Waals surface area (Å²) in [6.45, 7) is 1.95. The van der Waals surface area contributed by atoms with Crippen molar-refractivity contribution in [1.82, 2.24) is 9.97 Å². The van der Waals surface area contributed by atoms with Crippen LogP contribution in [0.1, 0.15) is 24.2 Å². The van der Waals surface area contributed by atoms with Crippen molar-refractivity contribution >= 4 is 38.4 Å². The van der Waals surface area contributed by atoms with Crippen molar-refractivity contribution in [2.45, 2.75) is 26.2 Å². The number of hydrogen-bond donors (Lipinski definition) is 2. The van der Waals surface area contributed by atoms with Gasteiger partial charge in [0.1, 0.15) is 5.82 Å². The molecule has 0 atom stereocenters. The highest BCUT2D eigenvalue weighted by molar-refractivity contribution is 9.10. The zero-order valence-electron chi connectivity index (χ0n) is 13.8. The van der Waals surface area contributed by atoms with Crippen molar-refractivity contribution in [3.8, 4) is 0 Å². The summed E-state index contributed by atoms with van der Waals surface area (Å²) in [5, 5.41) is 3.49. The molecule has 0 saturated carbocycles. The van der Waals surface area contributed by atoms with Gasteiger partial charge in [0.2, 0.25) is 5.91 Å². The number of hydrogen-bond acceptors (Lipinski definition) is 3. The van der Waals surface area contributed by atoms with Crippen LogP contribution in [0.25, 0.3) is 10.9 Å². The number of halogens is 1. The molecule has 0 aliphatic heterocycles. The zero-order chi connectivity index (χ0) is 17.8. The summed E-state index contributed by atoms with van der Waals surface area (Å²) in [5.41, 5.74) is 2.35. The van der Waals surface area contributed by atoms with Gasteiger partial charge in [-0.15, -0.1) is 0 Å². The summed E-state index contributed by atoms with van der Waals surface area (Å²) >= 11 is 3.40. The lowest BCUT2D eigenvalue weighted by Gasteiger charge is -2.09. The Hall–Kier alpha value is -2.47. The third-order valence-corrected chi connectivity index (χ3v) is 4.45. The van der Waals surface area contributed by atoms with Gasteiger partial charge in [-0.3, -0.25) is 9.59 Å². The Labute approximate surface area is 153 Å². The molecule has 0 unspecified atom stereocenters. The Morgan fingerprint density at radius 1 is 1.24 bits per heavy atom. The van der Waals surface area contributed by atoms with E-state index in [2.05, 4.69) is 31.2 Å². The van der Waals surface area contributed by atoms with Crippen molar-refractivity contribution in [3.05, 3.63) is 68.7 Å². The molecule has 0 fully saturated rings. The normalized spacial score (nSPS) is 10.8. The molecule has 2 aromatic carbocycles. The average molecular weight is 400 g/mol. The molecule has 1 amide bonds. The first-order valence-corrected chi connectivity index (χ1v) is 8.86. The van der Waals surface area contributed by atoms with Crippen LogP contribution in [0.15, 0.2) is 51.7 Å². The largest absolute Gasteiger partial charge is 0.326 e. The van der Waals surface area contributed by atoms with Crippen LogP contribution in [0.3, 0.4) is 0 Å². The van der Waals surface area contributed by atoms with Gasteiger partial charge in [0.25, 0.3) is 5.56 Å². The van der Waals surface area contributed by atoms with Gasteiger partial charge in [0.05, 0.1) is 10.9 Å². The molecule has 128 valence electrons. The highest BCUT2D eigenvalue weighted by Gasteiger charge is 2.07. The molecule has 0 saturated heterocycles. The second-order valence-electron chi connectivity index (χ2n) is 5.89. The maximum Gasteiger partial charge on any atom is 0.258 e. The van der Waals surface area contributed by atoms with Crippen LogP contribution in [0.5, 0.6) is 0 Å². The minimum absolute atomic E-state index is 0.0515. The Kier molecular flexibility index (Phi) is 5.28. The molecule has 6 heteroatoms. The number of H-pyrrole nitrogens is 1. The summed E-state index contributed by atoms with van der Waals surface area (Å²) in [7, 11) is 0. The maximum atomic E-state index is 12.1. The van der Waals surface area contributed by atoms with Crippen LogP contribution in [0.2, 0.25) is 0 Å². The molecule has 2 N–H and O–H groups in total. The summed E-state index contributed by atoms with van der Waals surface area (Å²) < 4.78 is 0.923. The Bertz CT molecular complexity index is 982.